The number of amides is 1. The largest absolute Gasteiger partial charge is 0.417 e. The fourth-order valence-corrected chi connectivity index (χ4v) is 2.84. The Kier molecular flexibility index (Phi) is 4.96. The minimum Gasteiger partial charge on any atom is -0.393 e. The fraction of sp³-hybridized carbons (Fsp3) is 0.250. The predicted molar refractivity (Wildman–Crippen MR) is 92.4 cm³/mol. The highest BCUT2D eigenvalue weighted by Gasteiger charge is 2.42. The van der Waals surface area contributed by atoms with Crippen LogP contribution in [0.2, 0.25) is 0 Å². The van der Waals surface area contributed by atoms with Crippen LogP contribution in [0.4, 0.5) is 13.2 Å². The number of benzene rings is 2. The van der Waals surface area contributed by atoms with Crippen molar-refractivity contribution in [2.24, 2.45) is 0 Å². The molecular weight excluding hydrogens is 359 g/mol. The molecule has 0 unspecified atom stereocenters. The number of halogens is 3. The van der Waals surface area contributed by atoms with Crippen molar-refractivity contribution in [3.8, 4) is 23.0 Å². The van der Waals surface area contributed by atoms with Gasteiger partial charge in [0.1, 0.15) is 5.60 Å². The number of likely N-dealkylation sites (tertiary alicyclic amines) is 1. The predicted octanol–water partition coefficient (Wildman–Crippen LogP) is 2.29. The minimum absolute atomic E-state index is 0.0377. The first-order valence-electron chi connectivity index (χ1n) is 8.13. The molecule has 1 heterocycles. The van der Waals surface area contributed by atoms with Gasteiger partial charge in [-0.1, -0.05) is 42.3 Å². The van der Waals surface area contributed by atoms with Gasteiger partial charge >= 0.3 is 6.18 Å². The lowest BCUT2D eigenvalue weighted by Gasteiger charge is -2.44. The van der Waals surface area contributed by atoms with E-state index in [1.54, 1.807) is 30.3 Å². The molecule has 2 aromatic rings. The van der Waals surface area contributed by atoms with Gasteiger partial charge in [0, 0.05) is 11.5 Å². The van der Waals surface area contributed by atoms with E-state index in [4.69, 9.17) is 5.11 Å². The van der Waals surface area contributed by atoms with Crippen molar-refractivity contribution in [2.45, 2.75) is 11.8 Å². The number of nitrogens with zero attached hydrogens (tertiary/aromatic N) is 1. The van der Waals surface area contributed by atoms with Gasteiger partial charge in [-0.25, -0.2) is 0 Å². The second-order valence-electron chi connectivity index (χ2n) is 6.42. The number of rotatable bonds is 2. The van der Waals surface area contributed by atoms with Crippen LogP contribution in [0, 0.1) is 11.8 Å². The molecule has 4 nitrogen and oxygen atoms in total. The Balaban J connectivity index is 1.85. The molecular formula is C20H16F3NO3. The van der Waals surface area contributed by atoms with Gasteiger partial charge in [0.15, 0.2) is 0 Å². The Hall–Kier alpha value is -2.82. The third kappa shape index (κ3) is 4.13. The van der Waals surface area contributed by atoms with E-state index in [-0.39, 0.29) is 24.2 Å². The molecule has 0 atom stereocenters. The number of alkyl halides is 3. The number of hydrogen-bond donors (Lipinski definition) is 2. The summed E-state index contributed by atoms with van der Waals surface area (Å²) in [5.41, 5.74) is -1.61. The highest BCUT2D eigenvalue weighted by molar-refractivity contribution is 5.95. The number of aliphatic hydroxyl groups excluding tert-OH is 1. The van der Waals surface area contributed by atoms with Crippen molar-refractivity contribution in [3.05, 3.63) is 59.7 Å². The van der Waals surface area contributed by atoms with Crippen molar-refractivity contribution >= 4 is 5.91 Å². The maximum absolute atomic E-state index is 13.5. The van der Waals surface area contributed by atoms with E-state index in [0.717, 1.165) is 6.07 Å². The van der Waals surface area contributed by atoms with Crippen molar-refractivity contribution in [1.29, 1.82) is 0 Å². The summed E-state index contributed by atoms with van der Waals surface area (Å²) in [5, 5.41) is 18.6. The summed E-state index contributed by atoms with van der Waals surface area (Å²) in [6.07, 6.45) is -4.57. The summed E-state index contributed by atoms with van der Waals surface area (Å²) in [6.45, 7) is -0.588. The molecule has 0 bridgehead atoms. The van der Waals surface area contributed by atoms with E-state index in [1.807, 2.05) is 0 Å². The Morgan fingerprint density at radius 2 is 1.81 bits per heavy atom. The van der Waals surface area contributed by atoms with Gasteiger partial charge in [-0.15, -0.1) is 0 Å². The standard InChI is InChI=1S/C20H16F3NO3/c21-20(22,23)17-10-14(6-8-16(17)15-4-2-1-3-5-15)7-9-18(26)24-11-19(27,12-24)13-25/h1-6,8,10,25,27H,11-13H2. The Morgan fingerprint density at radius 3 is 2.41 bits per heavy atom. The Bertz CT molecular complexity index is 908. The van der Waals surface area contributed by atoms with Crippen molar-refractivity contribution in [2.75, 3.05) is 19.7 Å². The number of aliphatic hydroxyl groups is 2. The van der Waals surface area contributed by atoms with Crippen molar-refractivity contribution in [1.82, 2.24) is 4.90 Å². The van der Waals surface area contributed by atoms with Crippen LogP contribution >= 0.6 is 0 Å². The van der Waals surface area contributed by atoms with E-state index in [1.165, 1.54) is 17.0 Å². The summed E-state index contributed by atoms with van der Waals surface area (Å²) in [5.74, 6) is 4.11. The molecule has 0 radical (unpaired) electrons. The van der Waals surface area contributed by atoms with Gasteiger partial charge in [-0.3, -0.25) is 4.79 Å². The lowest BCUT2D eigenvalue weighted by molar-refractivity contribution is -0.156. The van der Waals surface area contributed by atoms with Crippen molar-refractivity contribution in [3.63, 3.8) is 0 Å². The molecule has 1 saturated heterocycles. The minimum atomic E-state index is -4.57. The van der Waals surface area contributed by atoms with Crippen LogP contribution in [0.15, 0.2) is 48.5 Å². The molecule has 1 aliphatic rings. The zero-order valence-electron chi connectivity index (χ0n) is 14.1. The van der Waals surface area contributed by atoms with Crippen LogP contribution in [0.3, 0.4) is 0 Å². The fourth-order valence-electron chi connectivity index (χ4n) is 2.84. The van der Waals surface area contributed by atoms with E-state index in [2.05, 4.69) is 11.8 Å². The second kappa shape index (κ2) is 7.06. The molecule has 0 aromatic heterocycles. The second-order valence-corrected chi connectivity index (χ2v) is 6.42. The number of carbonyl (C=O) groups is 1. The van der Waals surface area contributed by atoms with Gasteiger partial charge in [0.25, 0.3) is 5.91 Å². The van der Waals surface area contributed by atoms with Gasteiger partial charge in [-0.2, -0.15) is 13.2 Å². The topological polar surface area (TPSA) is 60.8 Å². The molecule has 0 saturated carbocycles. The van der Waals surface area contributed by atoms with E-state index < -0.39 is 29.9 Å². The van der Waals surface area contributed by atoms with Gasteiger partial charge in [-0.05, 0) is 23.3 Å². The first-order chi connectivity index (χ1) is 12.7. The molecule has 2 N–H and O–H groups in total. The molecule has 2 aromatic carbocycles. The average Bonchev–Trinajstić information content (AvgIpc) is 2.63. The smallest absolute Gasteiger partial charge is 0.393 e. The summed E-state index contributed by atoms with van der Waals surface area (Å²) < 4.78 is 40.4. The number of hydrogen-bond acceptors (Lipinski definition) is 3. The maximum Gasteiger partial charge on any atom is 0.417 e. The van der Waals surface area contributed by atoms with E-state index in [0.29, 0.717) is 5.56 Å². The highest BCUT2D eigenvalue weighted by atomic mass is 19.4. The molecule has 27 heavy (non-hydrogen) atoms. The first-order valence-corrected chi connectivity index (χ1v) is 8.13. The summed E-state index contributed by atoms with van der Waals surface area (Å²) in [6, 6.07) is 11.9. The van der Waals surface area contributed by atoms with Crippen LogP contribution in [0.5, 0.6) is 0 Å². The van der Waals surface area contributed by atoms with E-state index >= 15 is 0 Å². The van der Waals surface area contributed by atoms with Gasteiger partial charge in [0.05, 0.1) is 25.3 Å². The quantitative estimate of drug-likeness (QED) is 0.792. The molecule has 3 rings (SSSR count). The van der Waals surface area contributed by atoms with E-state index in [9.17, 15) is 23.1 Å². The van der Waals surface area contributed by atoms with Crippen LogP contribution in [0.1, 0.15) is 11.1 Å². The summed E-state index contributed by atoms with van der Waals surface area (Å²) in [7, 11) is 0. The molecule has 1 fully saturated rings. The maximum atomic E-state index is 13.5. The molecule has 0 aliphatic carbocycles. The molecule has 1 aliphatic heterocycles. The molecule has 140 valence electrons. The first kappa shape index (κ1) is 19.0. The zero-order valence-corrected chi connectivity index (χ0v) is 14.1. The zero-order chi connectivity index (χ0) is 19.7. The highest BCUT2D eigenvalue weighted by Crippen LogP contribution is 2.37. The van der Waals surface area contributed by atoms with Crippen LogP contribution in [0.25, 0.3) is 11.1 Å². The number of β-amino-alcohol motifs (C(OH)–C–C–N with tert-alkyl or cyclic N) is 1. The monoisotopic (exact) mass is 375 g/mol. The SMILES string of the molecule is O=C(C#Cc1ccc(-c2ccccc2)c(C(F)(F)F)c1)N1CC(O)(CO)C1. The normalized spacial score (nSPS) is 15.5. The van der Waals surface area contributed by atoms with Crippen molar-refractivity contribution < 1.29 is 28.2 Å². The third-order valence-electron chi connectivity index (χ3n) is 4.28. The van der Waals surface area contributed by atoms with Crippen LogP contribution in [-0.4, -0.2) is 46.3 Å². The number of carbonyl (C=O) groups excluding carboxylic acids is 1. The lowest BCUT2D eigenvalue weighted by atomic mass is 9.95. The van der Waals surface area contributed by atoms with Gasteiger partial charge in [0.2, 0.25) is 0 Å². The van der Waals surface area contributed by atoms with Crippen LogP contribution < -0.4 is 0 Å². The summed E-state index contributed by atoms with van der Waals surface area (Å²) >= 11 is 0. The van der Waals surface area contributed by atoms with Crippen LogP contribution in [-0.2, 0) is 11.0 Å². The average molecular weight is 375 g/mol. The Labute approximate surface area is 153 Å². The Morgan fingerprint density at radius 1 is 1.15 bits per heavy atom. The lowest BCUT2D eigenvalue weighted by Crippen LogP contribution is -2.65. The molecule has 7 heteroatoms. The summed E-state index contributed by atoms with van der Waals surface area (Å²) in [4.78, 5) is 13.1. The molecule has 1 amide bonds. The third-order valence-corrected chi connectivity index (χ3v) is 4.28. The molecule has 0 spiro atoms. The van der Waals surface area contributed by atoms with Gasteiger partial charge < -0.3 is 15.1 Å².